The van der Waals surface area contributed by atoms with Gasteiger partial charge >= 0.3 is 0 Å². The van der Waals surface area contributed by atoms with Crippen molar-refractivity contribution in [2.75, 3.05) is 19.6 Å². The standard InChI is InChI=1S/C21H27NO3/c1-15-4-3-5-18(12-15)21(25)8-10-22(11-9-21)14-20(24)17-6-7-19(23)16(2)13-17/h3-7,12-13,20,23-25H,8-11,14H2,1-2H3. The quantitative estimate of drug-likeness (QED) is 0.800. The van der Waals surface area contributed by atoms with Crippen LogP contribution in [0.4, 0.5) is 0 Å². The number of aromatic hydroxyl groups is 1. The van der Waals surface area contributed by atoms with Crippen LogP contribution in [0, 0.1) is 13.8 Å². The zero-order valence-electron chi connectivity index (χ0n) is 14.9. The van der Waals surface area contributed by atoms with Gasteiger partial charge in [0.15, 0.2) is 0 Å². The van der Waals surface area contributed by atoms with Crippen LogP contribution in [0.15, 0.2) is 42.5 Å². The predicted molar refractivity (Wildman–Crippen MR) is 98.6 cm³/mol. The van der Waals surface area contributed by atoms with Crippen LogP contribution >= 0.6 is 0 Å². The fourth-order valence-corrected chi connectivity index (χ4v) is 3.56. The van der Waals surface area contributed by atoms with E-state index >= 15 is 0 Å². The van der Waals surface area contributed by atoms with Crippen LogP contribution in [0.2, 0.25) is 0 Å². The molecule has 0 radical (unpaired) electrons. The molecule has 1 fully saturated rings. The van der Waals surface area contributed by atoms with Gasteiger partial charge in [0.1, 0.15) is 5.75 Å². The molecule has 0 bridgehead atoms. The lowest BCUT2D eigenvalue weighted by Gasteiger charge is -2.39. The van der Waals surface area contributed by atoms with Gasteiger partial charge in [-0.05, 0) is 55.5 Å². The monoisotopic (exact) mass is 341 g/mol. The highest BCUT2D eigenvalue weighted by atomic mass is 16.3. The van der Waals surface area contributed by atoms with Gasteiger partial charge in [-0.25, -0.2) is 0 Å². The molecule has 3 N–H and O–H groups in total. The van der Waals surface area contributed by atoms with Gasteiger partial charge in [-0.1, -0.05) is 35.9 Å². The number of β-amino-alcohol motifs (C(OH)–C–C–N with tert-alkyl or cyclic N) is 1. The molecular weight excluding hydrogens is 314 g/mol. The maximum Gasteiger partial charge on any atom is 0.118 e. The summed E-state index contributed by atoms with van der Waals surface area (Å²) >= 11 is 0. The summed E-state index contributed by atoms with van der Waals surface area (Å²) in [6, 6.07) is 13.3. The van der Waals surface area contributed by atoms with Crippen molar-refractivity contribution in [3.8, 4) is 5.75 Å². The second-order valence-corrected chi connectivity index (χ2v) is 7.26. The molecule has 1 aliphatic rings. The highest BCUT2D eigenvalue weighted by molar-refractivity contribution is 5.36. The maximum absolute atomic E-state index is 11.0. The first-order valence-corrected chi connectivity index (χ1v) is 8.87. The Bertz CT molecular complexity index is 736. The summed E-state index contributed by atoms with van der Waals surface area (Å²) in [5.41, 5.74) is 2.95. The highest BCUT2D eigenvalue weighted by Gasteiger charge is 2.34. The van der Waals surface area contributed by atoms with Gasteiger partial charge in [-0.2, -0.15) is 0 Å². The lowest BCUT2D eigenvalue weighted by Crippen LogP contribution is -2.44. The lowest BCUT2D eigenvalue weighted by molar-refractivity contribution is -0.0345. The number of piperidine rings is 1. The minimum atomic E-state index is -0.775. The highest BCUT2D eigenvalue weighted by Crippen LogP contribution is 2.34. The fraction of sp³-hybridized carbons (Fsp3) is 0.429. The van der Waals surface area contributed by atoms with E-state index in [4.69, 9.17) is 0 Å². The van der Waals surface area contributed by atoms with Crippen molar-refractivity contribution >= 4 is 0 Å². The van der Waals surface area contributed by atoms with Crippen molar-refractivity contribution in [1.29, 1.82) is 0 Å². The Kier molecular flexibility index (Phi) is 5.13. The van der Waals surface area contributed by atoms with Crippen LogP contribution < -0.4 is 0 Å². The number of hydrogen-bond acceptors (Lipinski definition) is 4. The molecule has 2 aromatic rings. The SMILES string of the molecule is Cc1cccc(C2(O)CCN(CC(O)c3ccc(O)c(C)c3)CC2)c1. The number of phenols is 1. The van der Waals surface area contributed by atoms with Crippen molar-refractivity contribution in [3.05, 3.63) is 64.7 Å². The van der Waals surface area contributed by atoms with E-state index in [1.54, 1.807) is 12.1 Å². The van der Waals surface area contributed by atoms with E-state index in [-0.39, 0.29) is 5.75 Å². The Hall–Kier alpha value is -1.88. The second kappa shape index (κ2) is 7.16. The summed E-state index contributed by atoms with van der Waals surface area (Å²) in [6.07, 6.45) is 0.736. The largest absolute Gasteiger partial charge is 0.508 e. The topological polar surface area (TPSA) is 63.9 Å². The number of likely N-dealkylation sites (tertiary alicyclic amines) is 1. The van der Waals surface area contributed by atoms with Gasteiger partial charge in [0.25, 0.3) is 0 Å². The Morgan fingerprint density at radius 2 is 1.80 bits per heavy atom. The maximum atomic E-state index is 11.0. The van der Waals surface area contributed by atoms with Crippen LogP contribution in [-0.4, -0.2) is 39.9 Å². The van der Waals surface area contributed by atoms with E-state index in [9.17, 15) is 15.3 Å². The molecule has 0 amide bonds. The molecule has 2 aromatic carbocycles. The number of phenolic OH excluding ortho intramolecular Hbond substituents is 1. The first-order valence-electron chi connectivity index (χ1n) is 8.87. The second-order valence-electron chi connectivity index (χ2n) is 7.26. The normalized spacial score (nSPS) is 18.9. The van der Waals surface area contributed by atoms with Gasteiger partial charge in [-0.15, -0.1) is 0 Å². The zero-order chi connectivity index (χ0) is 18.0. The fourth-order valence-electron chi connectivity index (χ4n) is 3.56. The Labute approximate surface area is 149 Å². The minimum Gasteiger partial charge on any atom is -0.508 e. The molecule has 0 saturated carbocycles. The first kappa shape index (κ1) is 17.9. The predicted octanol–water partition coefficient (Wildman–Crippen LogP) is 3.03. The van der Waals surface area contributed by atoms with Crippen LogP contribution in [0.3, 0.4) is 0 Å². The summed E-state index contributed by atoms with van der Waals surface area (Å²) in [5, 5.41) is 31.1. The lowest BCUT2D eigenvalue weighted by atomic mass is 9.84. The molecular formula is C21H27NO3. The summed E-state index contributed by atoms with van der Waals surface area (Å²) < 4.78 is 0. The van der Waals surface area contributed by atoms with E-state index in [2.05, 4.69) is 11.0 Å². The summed E-state index contributed by atoms with van der Waals surface area (Å²) in [7, 11) is 0. The average Bonchev–Trinajstić information content (AvgIpc) is 2.59. The minimum absolute atomic E-state index is 0.247. The van der Waals surface area contributed by atoms with Crippen molar-refractivity contribution in [2.45, 2.75) is 38.4 Å². The molecule has 0 aliphatic carbocycles. The van der Waals surface area contributed by atoms with Crippen molar-refractivity contribution in [3.63, 3.8) is 0 Å². The molecule has 1 heterocycles. The first-order chi connectivity index (χ1) is 11.9. The molecule has 1 aliphatic heterocycles. The van der Waals surface area contributed by atoms with Gasteiger partial charge in [0, 0.05) is 19.6 Å². The molecule has 1 saturated heterocycles. The van der Waals surface area contributed by atoms with Gasteiger partial charge < -0.3 is 20.2 Å². The molecule has 0 spiro atoms. The van der Waals surface area contributed by atoms with Crippen molar-refractivity contribution in [1.82, 2.24) is 4.90 Å². The molecule has 25 heavy (non-hydrogen) atoms. The van der Waals surface area contributed by atoms with E-state index in [1.807, 2.05) is 38.1 Å². The molecule has 1 atom stereocenters. The van der Waals surface area contributed by atoms with Crippen LogP contribution in [0.25, 0.3) is 0 Å². The summed E-state index contributed by atoms with van der Waals surface area (Å²) in [5.74, 6) is 0.247. The Morgan fingerprint density at radius 1 is 1.08 bits per heavy atom. The third-order valence-corrected chi connectivity index (χ3v) is 5.28. The Balaban J connectivity index is 1.61. The van der Waals surface area contributed by atoms with Crippen LogP contribution in [-0.2, 0) is 5.60 Å². The summed E-state index contributed by atoms with van der Waals surface area (Å²) in [4.78, 5) is 2.19. The number of aliphatic hydroxyl groups excluding tert-OH is 1. The van der Waals surface area contributed by atoms with Crippen molar-refractivity contribution in [2.24, 2.45) is 0 Å². The number of rotatable bonds is 4. The smallest absolute Gasteiger partial charge is 0.118 e. The number of aliphatic hydroxyl groups is 2. The zero-order valence-corrected chi connectivity index (χ0v) is 14.9. The number of benzene rings is 2. The third kappa shape index (κ3) is 4.03. The molecule has 3 rings (SSSR count). The Morgan fingerprint density at radius 3 is 2.44 bits per heavy atom. The summed E-state index contributed by atoms with van der Waals surface area (Å²) in [6.45, 7) is 5.90. The number of aryl methyl sites for hydroxylation is 2. The number of nitrogens with zero attached hydrogens (tertiary/aromatic N) is 1. The van der Waals surface area contributed by atoms with Gasteiger partial charge in [0.05, 0.1) is 11.7 Å². The van der Waals surface area contributed by atoms with Crippen LogP contribution in [0.1, 0.15) is 41.2 Å². The van der Waals surface area contributed by atoms with E-state index in [0.717, 1.165) is 35.3 Å². The van der Waals surface area contributed by atoms with Gasteiger partial charge in [-0.3, -0.25) is 0 Å². The molecule has 134 valence electrons. The van der Waals surface area contributed by atoms with E-state index < -0.39 is 11.7 Å². The van der Waals surface area contributed by atoms with E-state index in [0.29, 0.717) is 19.4 Å². The number of hydrogen-bond donors (Lipinski definition) is 3. The van der Waals surface area contributed by atoms with Gasteiger partial charge in [0.2, 0.25) is 0 Å². The average molecular weight is 341 g/mol. The van der Waals surface area contributed by atoms with Crippen LogP contribution in [0.5, 0.6) is 5.75 Å². The third-order valence-electron chi connectivity index (χ3n) is 5.28. The molecule has 4 heteroatoms. The molecule has 4 nitrogen and oxygen atoms in total. The van der Waals surface area contributed by atoms with Crippen molar-refractivity contribution < 1.29 is 15.3 Å². The molecule has 0 aromatic heterocycles. The van der Waals surface area contributed by atoms with E-state index in [1.165, 1.54) is 0 Å². The molecule has 1 unspecified atom stereocenters.